The van der Waals surface area contributed by atoms with E-state index in [2.05, 4.69) is 24.8 Å². The minimum Gasteiger partial charge on any atom is -0.303 e. The summed E-state index contributed by atoms with van der Waals surface area (Å²) < 4.78 is 0. The lowest BCUT2D eigenvalue weighted by Gasteiger charge is -2.06. The van der Waals surface area contributed by atoms with E-state index < -0.39 is 0 Å². The maximum Gasteiger partial charge on any atom is 0.0891 e. The number of allylic oxidation sites excluding steroid dienone is 3. The fraction of sp³-hybridized carbons (Fsp3) is 0.222. The van der Waals surface area contributed by atoms with E-state index >= 15 is 0 Å². The normalized spacial score (nSPS) is 10.5. The molecule has 2 nitrogen and oxygen atoms in total. The van der Waals surface area contributed by atoms with Crippen LogP contribution in [0.4, 0.5) is 0 Å². The zero-order chi connectivity index (χ0) is 8.85. The highest BCUT2D eigenvalue weighted by Crippen LogP contribution is 1.98. The van der Waals surface area contributed by atoms with Crippen molar-refractivity contribution < 1.29 is 0 Å². The molecule has 0 heterocycles. The molecule has 0 spiro atoms. The number of hydrazone groups is 1. The Morgan fingerprint density at radius 2 is 1.82 bits per heavy atom. The number of hydrogen-bond acceptors (Lipinski definition) is 2. The van der Waals surface area contributed by atoms with E-state index in [9.17, 15) is 0 Å². The van der Waals surface area contributed by atoms with Gasteiger partial charge in [-0.1, -0.05) is 25.8 Å². The molecule has 60 valence electrons. The van der Waals surface area contributed by atoms with Crippen LogP contribution in [0, 0.1) is 0 Å². The maximum atomic E-state index is 4.13. The van der Waals surface area contributed by atoms with Crippen LogP contribution >= 0.6 is 0 Å². The Morgan fingerprint density at radius 1 is 1.27 bits per heavy atom. The molecule has 0 radical (unpaired) electrons. The molecule has 0 fully saturated rings. The molecule has 0 aliphatic heterocycles. The van der Waals surface area contributed by atoms with Crippen molar-refractivity contribution in [2.75, 3.05) is 14.1 Å². The van der Waals surface area contributed by atoms with E-state index in [1.807, 2.05) is 14.1 Å². The zero-order valence-electron chi connectivity index (χ0n) is 7.17. The molecule has 0 aliphatic rings. The van der Waals surface area contributed by atoms with Crippen molar-refractivity contribution in [2.24, 2.45) is 5.10 Å². The van der Waals surface area contributed by atoms with Crippen LogP contribution in [0.15, 0.2) is 42.6 Å². The number of hydrogen-bond donors (Lipinski definition) is 0. The molecule has 2 heteroatoms. The third-order valence-electron chi connectivity index (χ3n) is 1.08. The highest BCUT2D eigenvalue weighted by Gasteiger charge is 1.95. The van der Waals surface area contributed by atoms with Gasteiger partial charge in [-0.15, -0.1) is 0 Å². The van der Waals surface area contributed by atoms with Crippen LogP contribution in [0.25, 0.3) is 0 Å². The monoisotopic (exact) mass is 150 g/mol. The summed E-state index contributed by atoms with van der Waals surface area (Å²) in [6, 6.07) is 0. The summed E-state index contributed by atoms with van der Waals surface area (Å²) in [4.78, 5) is 0. The van der Waals surface area contributed by atoms with Crippen molar-refractivity contribution in [3.05, 3.63) is 37.5 Å². The van der Waals surface area contributed by atoms with Crippen molar-refractivity contribution in [3.63, 3.8) is 0 Å². The van der Waals surface area contributed by atoms with Gasteiger partial charge in [-0.2, -0.15) is 5.10 Å². The van der Waals surface area contributed by atoms with Crippen LogP contribution in [0.1, 0.15) is 0 Å². The van der Waals surface area contributed by atoms with Gasteiger partial charge in [0.2, 0.25) is 0 Å². The lowest BCUT2D eigenvalue weighted by molar-refractivity contribution is 0.438. The molecule has 0 aromatic rings. The van der Waals surface area contributed by atoms with Crippen LogP contribution < -0.4 is 0 Å². The Labute approximate surface area is 68.2 Å². The van der Waals surface area contributed by atoms with Gasteiger partial charge in [0.25, 0.3) is 0 Å². The van der Waals surface area contributed by atoms with Gasteiger partial charge in [0.1, 0.15) is 0 Å². The molecule has 0 atom stereocenters. The molecule has 0 bridgehead atoms. The summed E-state index contributed by atoms with van der Waals surface area (Å²) >= 11 is 0. The maximum absolute atomic E-state index is 4.13. The van der Waals surface area contributed by atoms with Crippen LogP contribution in [-0.4, -0.2) is 24.8 Å². The largest absolute Gasteiger partial charge is 0.303 e. The summed E-state index contributed by atoms with van der Waals surface area (Å²) in [5.41, 5.74) is 1.54. The molecule has 0 unspecified atom stereocenters. The Morgan fingerprint density at radius 3 is 2.09 bits per heavy atom. The molecule has 0 rings (SSSR count). The van der Waals surface area contributed by atoms with Gasteiger partial charge in [0.05, 0.1) is 5.71 Å². The van der Waals surface area contributed by atoms with E-state index in [0.717, 1.165) is 11.3 Å². The summed E-state index contributed by atoms with van der Waals surface area (Å²) in [5.74, 6) is 0. The number of rotatable bonds is 4. The van der Waals surface area contributed by atoms with Gasteiger partial charge in [-0.3, -0.25) is 0 Å². The Balaban J connectivity index is 4.52. The van der Waals surface area contributed by atoms with Gasteiger partial charge in [-0.25, -0.2) is 0 Å². The summed E-state index contributed by atoms with van der Waals surface area (Å²) in [7, 11) is 3.69. The van der Waals surface area contributed by atoms with Gasteiger partial charge in [-0.05, 0) is 11.6 Å². The zero-order valence-corrected chi connectivity index (χ0v) is 7.17. The molecule has 0 aromatic heterocycles. The van der Waals surface area contributed by atoms with Gasteiger partial charge >= 0.3 is 0 Å². The van der Waals surface area contributed by atoms with Crippen LogP contribution in [-0.2, 0) is 0 Å². The molecular weight excluding hydrogens is 136 g/mol. The third-order valence-corrected chi connectivity index (χ3v) is 1.08. The molecule has 0 aromatic carbocycles. The van der Waals surface area contributed by atoms with Crippen LogP contribution in [0.2, 0.25) is 0 Å². The SMILES string of the molecule is C=CC(=C)/C(C=C)=N\N(C)C. The Kier molecular flexibility index (Phi) is 3.96. The summed E-state index contributed by atoms with van der Waals surface area (Å²) in [5, 5.41) is 5.83. The second-order valence-electron chi connectivity index (χ2n) is 2.27. The summed E-state index contributed by atoms with van der Waals surface area (Å²) in [6.45, 7) is 11.0. The molecule has 0 amide bonds. The van der Waals surface area contributed by atoms with Crippen molar-refractivity contribution in [2.45, 2.75) is 0 Å². The second-order valence-corrected chi connectivity index (χ2v) is 2.27. The number of nitrogens with zero attached hydrogens (tertiary/aromatic N) is 2. The first-order valence-electron chi connectivity index (χ1n) is 3.32. The third kappa shape index (κ3) is 3.40. The van der Waals surface area contributed by atoms with E-state index in [0.29, 0.717) is 0 Å². The smallest absolute Gasteiger partial charge is 0.0891 e. The van der Waals surface area contributed by atoms with E-state index in [4.69, 9.17) is 0 Å². The van der Waals surface area contributed by atoms with Crippen molar-refractivity contribution in [1.82, 2.24) is 5.01 Å². The highest BCUT2D eigenvalue weighted by molar-refractivity contribution is 6.09. The standard InChI is InChI=1S/C9H14N2/c1-6-8(3)9(7-2)10-11(4)5/h6-7H,1-3H2,4-5H3/b10-9-. The predicted molar refractivity (Wildman–Crippen MR) is 50.7 cm³/mol. The molecule has 0 N–H and O–H groups in total. The predicted octanol–water partition coefficient (Wildman–Crippen LogP) is 1.83. The van der Waals surface area contributed by atoms with Crippen LogP contribution in [0.5, 0.6) is 0 Å². The minimum atomic E-state index is 0.755. The van der Waals surface area contributed by atoms with Crippen molar-refractivity contribution in [1.29, 1.82) is 0 Å². The first kappa shape index (κ1) is 9.69. The van der Waals surface area contributed by atoms with E-state index in [-0.39, 0.29) is 0 Å². The summed E-state index contributed by atoms with van der Waals surface area (Å²) in [6.07, 6.45) is 3.31. The van der Waals surface area contributed by atoms with Gasteiger partial charge in [0.15, 0.2) is 0 Å². The first-order chi connectivity index (χ1) is 5.11. The molecule has 0 aliphatic carbocycles. The average molecular weight is 150 g/mol. The quantitative estimate of drug-likeness (QED) is 0.339. The molecule has 0 saturated heterocycles. The van der Waals surface area contributed by atoms with E-state index in [1.54, 1.807) is 17.2 Å². The second kappa shape index (κ2) is 4.50. The Hall–Kier alpha value is -1.31. The van der Waals surface area contributed by atoms with Gasteiger partial charge in [0, 0.05) is 14.1 Å². The first-order valence-corrected chi connectivity index (χ1v) is 3.32. The fourth-order valence-corrected chi connectivity index (χ4v) is 0.556. The van der Waals surface area contributed by atoms with Crippen molar-refractivity contribution >= 4 is 5.71 Å². The molecular formula is C9H14N2. The van der Waals surface area contributed by atoms with Crippen molar-refractivity contribution in [3.8, 4) is 0 Å². The average Bonchev–Trinajstić information content (AvgIpc) is 1.98. The molecule has 11 heavy (non-hydrogen) atoms. The van der Waals surface area contributed by atoms with Crippen LogP contribution in [0.3, 0.4) is 0 Å². The highest BCUT2D eigenvalue weighted by atomic mass is 15.4. The minimum absolute atomic E-state index is 0.755. The fourth-order valence-electron chi connectivity index (χ4n) is 0.556. The molecule has 0 saturated carbocycles. The van der Waals surface area contributed by atoms with Gasteiger partial charge < -0.3 is 5.01 Å². The lowest BCUT2D eigenvalue weighted by Crippen LogP contribution is -2.07. The lowest BCUT2D eigenvalue weighted by atomic mass is 10.2. The topological polar surface area (TPSA) is 15.6 Å². The Bertz CT molecular complexity index is 200. The van der Waals surface area contributed by atoms with E-state index in [1.165, 1.54) is 0 Å².